The van der Waals surface area contributed by atoms with E-state index < -0.39 is 0 Å². The Morgan fingerprint density at radius 2 is 1.96 bits per heavy atom. The quantitative estimate of drug-likeness (QED) is 0.611. The molecule has 6 unspecified atom stereocenters. The molecule has 0 bridgehead atoms. The van der Waals surface area contributed by atoms with Gasteiger partial charge in [-0.25, -0.2) is 0 Å². The molecular weight excluding hydrogens is 338 g/mol. The van der Waals surface area contributed by atoms with Gasteiger partial charge in [0.2, 0.25) is 0 Å². The maximum Gasteiger partial charge on any atom is 0.139 e. The van der Waals surface area contributed by atoms with Gasteiger partial charge in [0.25, 0.3) is 0 Å². The van der Waals surface area contributed by atoms with E-state index >= 15 is 0 Å². The van der Waals surface area contributed by atoms with Gasteiger partial charge in [0.15, 0.2) is 0 Å². The zero-order valence-corrected chi connectivity index (χ0v) is 17.0. The molecule has 0 spiro atoms. The van der Waals surface area contributed by atoms with Gasteiger partial charge in [-0.2, -0.15) is 5.26 Å². The number of fused-ring (bicyclic) bond motifs is 6. The van der Waals surface area contributed by atoms with Gasteiger partial charge in [-0.05, 0) is 86.5 Å². The summed E-state index contributed by atoms with van der Waals surface area (Å²) in [4.78, 5) is 15.3. The molecule has 0 aliphatic heterocycles. The summed E-state index contributed by atoms with van der Waals surface area (Å²) in [5.74, 6) is 3.42. The second-order valence-corrected chi connectivity index (χ2v) is 11.3. The van der Waals surface area contributed by atoms with Gasteiger partial charge < -0.3 is 0 Å². The second kappa shape index (κ2) is 5.44. The fourth-order valence-electron chi connectivity index (χ4n) is 7.66. The minimum absolute atomic E-state index is 0.0162. The van der Waals surface area contributed by atoms with Crippen LogP contribution < -0.4 is 0 Å². The van der Waals surface area contributed by atoms with Crippen molar-refractivity contribution in [1.29, 1.82) is 5.26 Å². The van der Waals surface area contributed by atoms with Crippen molar-refractivity contribution in [3.8, 4) is 6.07 Å². The van der Waals surface area contributed by atoms with Gasteiger partial charge >= 0.3 is 0 Å². The van der Waals surface area contributed by atoms with Crippen molar-refractivity contribution in [3.63, 3.8) is 0 Å². The molecule has 3 heteroatoms. The Morgan fingerprint density at radius 1 is 1.15 bits per heavy atom. The van der Waals surface area contributed by atoms with Gasteiger partial charge in [-0.3, -0.25) is 4.79 Å². The third-order valence-corrected chi connectivity index (χ3v) is 10.3. The molecule has 0 saturated heterocycles. The smallest absolute Gasteiger partial charge is 0.139 e. The largest absolute Gasteiger partial charge is 0.299 e. The monoisotopic (exact) mass is 367 g/mol. The van der Waals surface area contributed by atoms with Crippen molar-refractivity contribution in [3.05, 3.63) is 20.9 Å². The predicted molar refractivity (Wildman–Crippen MR) is 104 cm³/mol. The Labute approximate surface area is 161 Å². The number of rotatable bonds is 0. The zero-order chi connectivity index (χ0) is 18.3. The molecule has 4 aliphatic carbocycles. The molecule has 1 aromatic heterocycles. The molecule has 1 aromatic rings. The molecule has 0 N–H and O–H groups in total. The number of nitrogens with zero attached hydrogens (tertiary/aromatic N) is 1. The maximum atomic E-state index is 12.6. The van der Waals surface area contributed by atoms with Crippen LogP contribution in [0.1, 0.15) is 73.3 Å². The number of thiophene rings is 1. The molecule has 6 atom stereocenters. The topological polar surface area (TPSA) is 40.9 Å². The Morgan fingerprint density at radius 3 is 2.73 bits per heavy atom. The summed E-state index contributed by atoms with van der Waals surface area (Å²) in [6.45, 7) is 6.95. The van der Waals surface area contributed by atoms with E-state index in [4.69, 9.17) is 0 Å². The molecule has 26 heavy (non-hydrogen) atoms. The van der Waals surface area contributed by atoms with Gasteiger partial charge in [0, 0.05) is 21.6 Å². The first kappa shape index (κ1) is 17.0. The molecule has 4 aliphatic rings. The minimum Gasteiger partial charge on any atom is -0.299 e. The number of hydrogen-bond donors (Lipinski definition) is 0. The van der Waals surface area contributed by atoms with E-state index in [2.05, 4.69) is 26.8 Å². The van der Waals surface area contributed by atoms with E-state index in [1.54, 1.807) is 0 Å². The predicted octanol–water partition coefficient (Wildman–Crippen LogP) is 5.45. The van der Waals surface area contributed by atoms with Crippen molar-refractivity contribution >= 4 is 17.1 Å². The zero-order valence-electron chi connectivity index (χ0n) is 16.2. The first-order valence-electron chi connectivity index (χ1n) is 10.4. The first-order chi connectivity index (χ1) is 12.4. The molecule has 138 valence electrons. The average Bonchev–Trinajstić information content (AvgIpc) is 3.07. The molecule has 2 nitrogen and oxygen atoms in total. The molecule has 3 fully saturated rings. The lowest BCUT2D eigenvalue weighted by Gasteiger charge is -2.59. The van der Waals surface area contributed by atoms with Gasteiger partial charge in [-0.1, -0.05) is 13.8 Å². The highest BCUT2D eigenvalue weighted by Gasteiger charge is 2.60. The van der Waals surface area contributed by atoms with Crippen LogP contribution in [0.3, 0.4) is 0 Å². The van der Waals surface area contributed by atoms with E-state index in [9.17, 15) is 10.1 Å². The number of carbonyl (C=O) groups excluding carboxylic acids is 1. The van der Waals surface area contributed by atoms with Crippen LogP contribution in [0.4, 0.5) is 0 Å². The number of carbonyl (C=O) groups is 1. The standard InChI is InChI=1S/C23H29NOS/c1-13-17(12-24)16-10-14-4-5-15-18-6-7-21(25)22(18,2)9-8-19(15)23(14,3)11-20(16)26-13/h14-15,18-19H,4-11H2,1-3H3. The lowest BCUT2D eigenvalue weighted by molar-refractivity contribution is -0.136. The lowest BCUT2D eigenvalue weighted by Crippen LogP contribution is -2.54. The molecule has 5 rings (SSSR count). The Kier molecular flexibility index (Phi) is 3.56. The fourth-order valence-corrected chi connectivity index (χ4v) is 9.00. The number of Topliss-reactive ketones (excluding diaryl/α,β-unsaturated/α-hetero) is 1. The van der Waals surface area contributed by atoms with Gasteiger partial charge in [0.05, 0.1) is 5.56 Å². The SMILES string of the molecule is Cc1sc2c(c1C#N)CC1CCC3C4CCC(=O)C4(C)CCC3C1(C)C2. The molecule has 0 amide bonds. The third kappa shape index (κ3) is 2.00. The molecule has 3 saturated carbocycles. The summed E-state index contributed by atoms with van der Waals surface area (Å²) in [7, 11) is 0. The first-order valence-corrected chi connectivity index (χ1v) is 11.2. The van der Waals surface area contributed by atoms with Crippen LogP contribution in [0.25, 0.3) is 0 Å². The van der Waals surface area contributed by atoms with Crippen LogP contribution >= 0.6 is 11.3 Å². The maximum absolute atomic E-state index is 12.6. The van der Waals surface area contributed by atoms with Gasteiger partial charge in [-0.15, -0.1) is 11.3 Å². The number of aryl methyl sites for hydroxylation is 1. The summed E-state index contributed by atoms with van der Waals surface area (Å²) < 4.78 is 0. The second-order valence-electron chi connectivity index (χ2n) is 10.0. The van der Waals surface area contributed by atoms with Crippen LogP contribution in [-0.4, -0.2) is 5.78 Å². The van der Waals surface area contributed by atoms with Crippen molar-refractivity contribution in [2.24, 2.45) is 34.5 Å². The highest BCUT2D eigenvalue weighted by molar-refractivity contribution is 7.12. The van der Waals surface area contributed by atoms with Crippen molar-refractivity contribution < 1.29 is 4.79 Å². The molecule has 0 aromatic carbocycles. The van der Waals surface area contributed by atoms with Crippen LogP contribution in [0.2, 0.25) is 0 Å². The third-order valence-electron chi connectivity index (χ3n) is 9.14. The van der Waals surface area contributed by atoms with Crippen molar-refractivity contribution in [2.75, 3.05) is 0 Å². The summed E-state index contributed by atoms with van der Waals surface area (Å²) >= 11 is 1.88. The highest BCUT2D eigenvalue weighted by Crippen LogP contribution is 2.65. The summed E-state index contributed by atoms with van der Waals surface area (Å²) in [6.07, 6.45) is 9.18. The summed E-state index contributed by atoms with van der Waals surface area (Å²) in [5, 5.41) is 9.59. The minimum atomic E-state index is -0.0162. The molecular formula is C23H29NOS. The number of hydrogen-bond acceptors (Lipinski definition) is 3. The van der Waals surface area contributed by atoms with E-state index in [0.717, 1.165) is 49.0 Å². The van der Waals surface area contributed by atoms with Gasteiger partial charge in [0.1, 0.15) is 11.9 Å². The number of nitriles is 1. The van der Waals surface area contributed by atoms with Crippen LogP contribution in [0.5, 0.6) is 0 Å². The Balaban J connectivity index is 1.52. The number of ketones is 1. The van der Waals surface area contributed by atoms with E-state index in [0.29, 0.717) is 17.1 Å². The van der Waals surface area contributed by atoms with Crippen LogP contribution in [0, 0.1) is 52.8 Å². The fraction of sp³-hybridized carbons (Fsp3) is 0.739. The molecule has 1 heterocycles. The normalized spacial score (nSPS) is 43.8. The van der Waals surface area contributed by atoms with Crippen molar-refractivity contribution in [1.82, 2.24) is 0 Å². The van der Waals surface area contributed by atoms with E-state index in [1.165, 1.54) is 41.0 Å². The highest BCUT2D eigenvalue weighted by atomic mass is 32.1. The van der Waals surface area contributed by atoms with E-state index in [-0.39, 0.29) is 5.41 Å². The Hall–Kier alpha value is -1.14. The summed E-state index contributed by atoms with van der Waals surface area (Å²) in [6, 6.07) is 2.48. The van der Waals surface area contributed by atoms with Crippen LogP contribution in [0.15, 0.2) is 0 Å². The summed E-state index contributed by atoms with van der Waals surface area (Å²) in [5.41, 5.74) is 2.71. The average molecular weight is 368 g/mol. The Bertz CT molecular complexity index is 832. The van der Waals surface area contributed by atoms with Crippen molar-refractivity contribution in [2.45, 2.75) is 72.1 Å². The van der Waals surface area contributed by atoms with E-state index in [1.807, 2.05) is 11.3 Å². The van der Waals surface area contributed by atoms with Crippen LogP contribution in [-0.2, 0) is 17.6 Å². The molecule has 0 radical (unpaired) electrons. The lowest BCUT2D eigenvalue weighted by atomic mass is 9.45.